The highest BCUT2D eigenvalue weighted by atomic mass is 16.5. The second kappa shape index (κ2) is 5.50. The zero-order valence-corrected chi connectivity index (χ0v) is 9.92. The molecule has 0 bridgehead atoms. The molecular formula is C12H21NO2. The van der Waals surface area contributed by atoms with Gasteiger partial charge in [-0.05, 0) is 5.41 Å². The maximum absolute atomic E-state index is 9.70. The number of ether oxygens (including phenoxy) is 1. The van der Waals surface area contributed by atoms with E-state index in [1.165, 1.54) is 0 Å². The molecule has 1 fully saturated rings. The molecule has 0 aromatic heterocycles. The second-order valence-corrected chi connectivity index (χ2v) is 4.98. The van der Waals surface area contributed by atoms with E-state index in [1.807, 2.05) is 20.8 Å². The average molecular weight is 211 g/mol. The van der Waals surface area contributed by atoms with Crippen molar-refractivity contribution in [3.05, 3.63) is 0 Å². The van der Waals surface area contributed by atoms with Crippen LogP contribution >= 0.6 is 0 Å². The first-order chi connectivity index (χ1) is 7.00. The van der Waals surface area contributed by atoms with Gasteiger partial charge in [-0.15, -0.1) is 0 Å². The van der Waals surface area contributed by atoms with Crippen molar-refractivity contribution in [2.75, 3.05) is 32.8 Å². The van der Waals surface area contributed by atoms with E-state index in [-0.39, 0.29) is 5.41 Å². The molecule has 0 radical (unpaired) electrons. The highest BCUT2D eigenvalue weighted by molar-refractivity contribution is 5.09. The van der Waals surface area contributed by atoms with Gasteiger partial charge in [0.1, 0.15) is 6.10 Å². The van der Waals surface area contributed by atoms with Crippen LogP contribution < -0.4 is 0 Å². The molecule has 0 aliphatic carbocycles. The average Bonchev–Trinajstić information content (AvgIpc) is 2.18. The lowest BCUT2D eigenvalue weighted by Gasteiger charge is -2.24. The summed E-state index contributed by atoms with van der Waals surface area (Å²) in [6.07, 6.45) is -0.543. The van der Waals surface area contributed by atoms with Gasteiger partial charge in [0.15, 0.2) is 0 Å². The Morgan fingerprint density at radius 1 is 1.33 bits per heavy atom. The lowest BCUT2D eigenvalue weighted by Crippen LogP contribution is -2.36. The largest absolute Gasteiger partial charge is 0.380 e. The quantitative estimate of drug-likeness (QED) is 0.649. The molecule has 1 rings (SSSR count). The summed E-state index contributed by atoms with van der Waals surface area (Å²) < 4.78 is 5.24. The SMILES string of the molecule is CC(C)(C)C(O)C#CCN1CCOCC1. The van der Waals surface area contributed by atoms with Crippen LogP contribution in [0.1, 0.15) is 20.8 Å². The summed E-state index contributed by atoms with van der Waals surface area (Å²) in [5.74, 6) is 5.92. The van der Waals surface area contributed by atoms with E-state index in [4.69, 9.17) is 4.74 Å². The molecule has 0 aromatic rings. The van der Waals surface area contributed by atoms with Gasteiger partial charge in [0.25, 0.3) is 0 Å². The van der Waals surface area contributed by atoms with Crippen LogP contribution in [0.3, 0.4) is 0 Å². The normalized spacial score (nSPS) is 20.5. The van der Waals surface area contributed by atoms with Crippen molar-refractivity contribution >= 4 is 0 Å². The van der Waals surface area contributed by atoms with E-state index in [9.17, 15) is 5.11 Å². The summed E-state index contributed by atoms with van der Waals surface area (Å²) in [6.45, 7) is 10.2. The molecule has 3 heteroatoms. The zero-order chi connectivity index (χ0) is 11.3. The lowest BCUT2D eigenvalue weighted by molar-refractivity contribution is 0.0442. The van der Waals surface area contributed by atoms with Gasteiger partial charge >= 0.3 is 0 Å². The minimum Gasteiger partial charge on any atom is -0.380 e. The predicted molar refractivity (Wildman–Crippen MR) is 60.5 cm³/mol. The van der Waals surface area contributed by atoms with E-state index in [1.54, 1.807) is 0 Å². The molecule has 1 aliphatic rings. The Kier molecular flexibility index (Phi) is 4.59. The Balaban J connectivity index is 2.32. The Labute approximate surface area is 92.4 Å². The van der Waals surface area contributed by atoms with Gasteiger partial charge in [-0.25, -0.2) is 0 Å². The van der Waals surface area contributed by atoms with E-state index >= 15 is 0 Å². The van der Waals surface area contributed by atoms with E-state index in [0.717, 1.165) is 32.8 Å². The number of nitrogens with zero attached hydrogens (tertiary/aromatic N) is 1. The summed E-state index contributed by atoms with van der Waals surface area (Å²) in [6, 6.07) is 0. The van der Waals surface area contributed by atoms with Crippen LogP contribution in [-0.2, 0) is 4.74 Å². The molecule has 1 N–H and O–H groups in total. The highest BCUT2D eigenvalue weighted by Crippen LogP contribution is 2.17. The Hall–Kier alpha value is -0.560. The van der Waals surface area contributed by atoms with Gasteiger partial charge in [0, 0.05) is 13.1 Å². The molecule has 1 atom stereocenters. The number of aliphatic hydroxyl groups is 1. The smallest absolute Gasteiger partial charge is 0.119 e. The molecule has 1 aliphatic heterocycles. The number of hydrogen-bond acceptors (Lipinski definition) is 3. The predicted octanol–water partition coefficient (Wildman–Crippen LogP) is 0.729. The highest BCUT2D eigenvalue weighted by Gasteiger charge is 2.19. The van der Waals surface area contributed by atoms with Gasteiger partial charge in [0.2, 0.25) is 0 Å². The first-order valence-electron chi connectivity index (χ1n) is 5.47. The van der Waals surface area contributed by atoms with Crippen LogP contribution in [0, 0.1) is 17.3 Å². The summed E-state index contributed by atoms with van der Waals surface area (Å²) in [5.41, 5.74) is -0.155. The van der Waals surface area contributed by atoms with Crippen LogP contribution in [0.2, 0.25) is 0 Å². The molecule has 3 nitrogen and oxygen atoms in total. The minimum absolute atomic E-state index is 0.155. The van der Waals surface area contributed by atoms with Crippen LogP contribution in [0.4, 0.5) is 0 Å². The van der Waals surface area contributed by atoms with Crippen molar-refractivity contribution in [2.24, 2.45) is 5.41 Å². The molecule has 1 saturated heterocycles. The van der Waals surface area contributed by atoms with E-state index in [0.29, 0.717) is 0 Å². The third kappa shape index (κ3) is 4.65. The summed E-state index contributed by atoms with van der Waals surface area (Å²) >= 11 is 0. The molecule has 0 aromatic carbocycles. The molecule has 0 amide bonds. The molecule has 86 valence electrons. The molecule has 0 saturated carbocycles. The number of morpholine rings is 1. The third-order valence-corrected chi connectivity index (χ3v) is 2.47. The van der Waals surface area contributed by atoms with E-state index in [2.05, 4.69) is 16.7 Å². The monoisotopic (exact) mass is 211 g/mol. The van der Waals surface area contributed by atoms with Crippen LogP contribution in [-0.4, -0.2) is 49.0 Å². The van der Waals surface area contributed by atoms with Gasteiger partial charge in [0.05, 0.1) is 19.8 Å². The molecular weight excluding hydrogens is 190 g/mol. The van der Waals surface area contributed by atoms with Gasteiger partial charge in [-0.3, -0.25) is 4.90 Å². The Morgan fingerprint density at radius 3 is 2.47 bits per heavy atom. The van der Waals surface area contributed by atoms with Crippen molar-refractivity contribution < 1.29 is 9.84 Å². The van der Waals surface area contributed by atoms with Crippen molar-refractivity contribution in [3.8, 4) is 11.8 Å². The number of hydrogen-bond donors (Lipinski definition) is 1. The van der Waals surface area contributed by atoms with Crippen molar-refractivity contribution in [1.29, 1.82) is 0 Å². The Morgan fingerprint density at radius 2 is 1.93 bits per heavy atom. The lowest BCUT2D eigenvalue weighted by atomic mass is 9.90. The molecule has 15 heavy (non-hydrogen) atoms. The van der Waals surface area contributed by atoms with Gasteiger partial charge < -0.3 is 9.84 Å². The van der Waals surface area contributed by atoms with Crippen LogP contribution in [0.25, 0.3) is 0 Å². The number of aliphatic hydroxyl groups excluding tert-OH is 1. The fourth-order valence-corrected chi connectivity index (χ4v) is 1.23. The zero-order valence-electron chi connectivity index (χ0n) is 9.92. The minimum atomic E-state index is -0.543. The standard InChI is InChI=1S/C12H21NO2/c1-12(2,3)11(14)5-4-6-13-7-9-15-10-8-13/h11,14H,6-10H2,1-3H3. The van der Waals surface area contributed by atoms with Crippen LogP contribution in [0.5, 0.6) is 0 Å². The van der Waals surface area contributed by atoms with Crippen molar-refractivity contribution in [1.82, 2.24) is 4.90 Å². The molecule has 1 unspecified atom stereocenters. The van der Waals surface area contributed by atoms with Gasteiger partial charge in [-0.1, -0.05) is 32.6 Å². The molecule has 1 heterocycles. The molecule has 0 spiro atoms. The summed E-state index contributed by atoms with van der Waals surface area (Å²) in [4.78, 5) is 2.24. The maximum atomic E-state index is 9.70. The fraction of sp³-hybridized carbons (Fsp3) is 0.833. The first kappa shape index (κ1) is 12.5. The number of rotatable bonds is 1. The van der Waals surface area contributed by atoms with E-state index < -0.39 is 6.10 Å². The van der Waals surface area contributed by atoms with Crippen molar-refractivity contribution in [3.63, 3.8) is 0 Å². The third-order valence-electron chi connectivity index (χ3n) is 2.47. The van der Waals surface area contributed by atoms with Crippen molar-refractivity contribution in [2.45, 2.75) is 26.9 Å². The Bertz CT molecular complexity index is 241. The van der Waals surface area contributed by atoms with Crippen LogP contribution in [0.15, 0.2) is 0 Å². The first-order valence-corrected chi connectivity index (χ1v) is 5.47. The fourth-order valence-electron chi connectivity index (χ4n) is 1.23. The van der Waals surface area contributed by atoms with Gasteiger partial charge in [-0.2, -0.15) is 0 Å². The topological polar surface area (TPSA) is 32.7 Å². The maximum Gasteiger partial charge on any atom is 0.119 e. The summed E-state index contributed by atoms with van der Waals surface area (Å²) in [7, 11) is 0. The summed E-state index contributed by atoms with van der Waals surface area (Å²) in [5, 5.41) is 9.70. The second-order valence-electron chi connectivity index (χ2n) is 4.98.